The third-order valence-electron chi connectivity index (χ3n) is 3.44. The first-order valence-corrected chi connectivity index (χ1v) is 7.88. The fourth-order valence-corrected chi connectivity index (χ4v) is 2.18. The largest absolute Gasteiger partial charge is 0.465 e. The van der Waals surface area contributed by atoms with Crippen LogP contribution in [-0.4, -0.2) is 44.5 Å². The smallest absolute Gasteiger partial charge is 0.337 e. The molecule has 0 bridgehead atoms. The summed E-state index contributed by atoms with van der Waals surface area (Å²) < 4.78 is 14.2. The molecule has 2 N–H and O–H groups in total. The summed E-state index contributed by atoms with van der Waals surface area (Å²) in [5.41, 5.74) is 0.393. The minimum absolute atomic E-state index is 0.0253. The topological polar surface area (TPSA) is 124 Å². The van der Waals surface area contributed by atoms with E-state index >= 15 is 0 Å². The Labute approximate surface area is 154 Å². The summed E-state index contributed by atoms with van der Waals surface area (Å²) in [7, 11) is 2.40. The van der Waals surface area contributed by atoms with E-state index in [0.29, 0.717) is 0 Å². The van der Waals surface area contributed by atoms with Gasteiger partial charge in [0.1, 0.15) is 0 Å². The summed E-state index contributed by atoms with van der Waals surface area (Å²) in [5, 5.41) is 5.10. The van der Waals surface area contributed by atoms with Crippen molar-refractivity contribution in [2.75, 3.05) is 26.1 Å². The lowest BCUT2D eigenvalue weighted by molar-refractivity contribution is -0.116. The van der Waals surface area contributed by atoms with Gasteiger partial charge in [0.05, 0.1) is 31.6 Å². The summed E-state index contributed by atoms with van der Waals surface area (Å²) in [6.07, 6.45) is 1.34. The van der Waals surface area contributed by atoms with Gasteiger partial charge in [-0.3, -0.25) is 9.59 Å². The first-order chi connectivity index (χ1) is 12.9. The number of carbonyl (C=O) groups is 4. The fraction of sp³-hybridized carbons (Fsp3) is 0.222. The molecule has 2 rings (SSSR count). The van der Waals surface area contributed by atoms with Crippen molar-refractivity contribution in [1.29, 1.82) is 0 Å². The summed E-state index contributed by atoms with van der Waals surface area (Å²) in [5.74, 6) is -2.05. The molecular weight excluding hydrogens is 356 g/mol. The summed E-state index contributed by atoms with van der Waals surface area (Å²) >= 11 is 0. The van der Waals surface area contributed by atoms with Crippen LogP contribution in [0, 0.1) is 0 Å². The molecule has 0 unspecified atom stereocenters. The number of methoxy groups -OCH3 is 2. The second kappa shape index (κ2) is 9.18. The van der Waals surface area contributed by atoms with Gasteiger partial charge >= 0.3 is 11.9 Å². The van der Waals surface area contributed by atoms with Crippen molar-refractivity contribution < 1.29 is 33.1 Å². The van der Waals surface area contributed by atoms with Gasteiger partial charge in [0.2, 0.25) is 5.91 Å². The van der Waals surface area contributed by atoms with E-state index in [1.807, 2.05) is 0 Å². The van der Waals surface area contributed by atoms with Crippen LogP contribution in [0.15, 0.2) is 41.0 Å². The van der Waals surface area contributed by atoms with Gasteiger partial charge in [-0.2, -0.15) is 0 Å². The zero-order valence-corrected chi connectivity index (χ0v) is 14.7. The Morgan fingerprint density at radius 1 is 1.00 bits per heavy atom. The number of ether oxygens (including phenoxy) is 2. The molecule has 0 spiro atoms. The lowest BCUT2D eigenvalue weighted by Crippen LogP contribution is -2.27. The van der Waals surface area contributed by atoms with Crippen LogP contribution >= 0.6 is 0 Å². The van der Waals surface area contributed by atoms with Crippen molar-refractivity contribution in [1.82, 2.24) is 5.32 Å². The summed E-state index contributed by atoms with van der Waals surface area (Å²) in [6.45, 7) is 0.0753. The van der Waals surface area contributed by atoms with Gasteiger partial charge in [0.25, 0.3) is 5.91 Å². The predicted octanol–water partition coefficient (Wildman–Crippen LogP) is 1.61. The number of benzene rings is 1. The third kappa shape index (κ3) is 5.43. The van der Waals surface area contributed by atoms with Crippen molar-refractivity contribution in [3.05, 3.63) is 53.5 Å². The number of esters is 2. The van der Waals surface area contributed by atoms with Crippen molar-refractivity contribution in [3.8, 4) is 0 Å². The second-order valence-electron chi connectivity index (χ2n) is 5.31. The molecule has 0 saturated carbocycles. The number of carbonyl (C=O) groups excluding carboxylic acids is 4. The van der Waals surface area contributed by atoms with Gasteiger partial charge < -0.3 is 24.5 Å². The summed E-state index contributed by atoms with van der Waals surface area (Å²) in [4.78, 5) is 47.2. The van der Waals surface area contributed by atoms with E-state index in [2.05, 4.69) is 20.1 Å². The van der Waals surface area contributed by atoms with Crippen molar-refractivity contribution in [2.45, 2.75) is 6.42 Å². The maximum atomic E-state index is 12.1. The maximum absolute atomic E-state index is 12.1. The van der Waals surface area contributed by atoms with E-state index in [1.165, 1.54) is 44.7 Å². The number of furan rings is 1. The molecule has 1 aromatic heterocycles. The molecule has 0 aliphatic rings. The Morgan fingerprint density at radius 2 is 1.63 bits per heavy atom. The minimum atomic E-state index is -0.665. The highest BCUT2D eigenvalue weighted by atomic mass is 16.5. The van der Waals surface area contributed by atoms with Gasteiger partial charge in [-0.25, -0.2) is 9.59 Å². The van der Waals surface area contributed by atoms with Crippen molar-refractivity contribution in [3.63, 3.8) is 0 Å². The van der Waals surface area contributed by atoms with Crippen molar-refractivity contribution >= 4 is 29.4 Å². The van der Waals surface area contributed by atoms with Crippen LogP contribution in [0.1, 0.15) is 37.7 Å². The molecule has 27 heavy (non-hydrogen) atoms. The highest BCUT2D eigenvalue weighted by Gasteiger charge is 2.15. The molecule has 142 valence electrons. The molecule has 2 amide bonds. The zero-order chi connectivity index (χ0) is 19.8. The molecule has 0 radical (unpaired) electrons. The number of nitrogens with one attached hydrogen (secondary N) is 2. The maximum Gasteiger partial charge on any atom is 0.337 e. The molecule has 1 heterocycles. The van der Waals surface area contributed by atoms with E-state index < -0.39 is 23.8 Å². The minimum Gasteiger partial charge on any atom is -0.465 e. The average molecular weight is 374 g/mol. The first kappa shape index (κ1) is 19.7. The fourth-order valence-electron chi connectivity index (χ4n) is 2.18. The van der Waals surface area contributed by atoms with E-state index in [1.54, 1.807) is 6.07 Å². The number of hydrogen-bond donors (Lipinski definition) is 2. The van der Waals surface area contributed by atoms with Gasteiger partial charge in [-0.05, 0) is 30.3 Å². The van der Waals surface area contributed by atoms with E-state index in [-0.39, 0.29) is 35.5 Å². The first-order valence-electron chi connectivity index (χ1n) is 7.88. The van der Waals surface area contributed by atoms with Crippen LogP contribution < -0.4 is 10.6 Å². The Hall–Kier alpha value is -3.62. The monoisotopic (exact) mass is 374 g/mol. The quantitative estimate of drug-likeness (QED) is 0.706. The van der Waals surface area contributed by atoms with E-state index in [0.717, 1.165) is 0 Å². The van der Waals surface area contributed by atoms with Gasteiger partial charge in [0, 0.05) is 18.7 Å². The van der Waals surface area contributed by atoms with Gasteiger partial charge in [-0.1, -0.05) is 0 Å². The SMILES string of the molecule is COC(=O)c1cc(NC(=O)CCNC(=O)c2ccco2)cc(C(=O)OC)c1. The van der Waals surface area contributed by atoms with Crippen LogP contribution in [0.5, 0.6) is 0 Å². The molecule has 0 atom stereocenters. The Morgan fingerprint density at radius 3 is 2.15 bits per heavy atom. The lowest BCUT2D eigenvalue weighted by Gasteiger charge is -2.10. The van der Waals surface area contributed by atoms with Crippen LogP contribution in [0.2, 0.25) is 0 Å². The van der Waals surface area contributed by atoms with Gasteiger partial charge in [-0.15, -0.1) is 0 Å². The molecule has 0 aliphatic heterocycles. The Bertz CT molecular complexity index is 809. The second-order valence-corrected chi connectivity index (χ2v) is 5.31. The molecular formula is C18H18N2O7. The lowest BCUT2D eigenvalue weighted by atomic mass is 10.1. The molecule has 9 nitrogen and oxygen atoms in total. The molecule has 1 aromatic carbocycles. The third-order valence-corrected chi connectivity index (χ3v) is 3.44. The van der Waals surface area contributed by atoms with Crippen LogP contribution in [-0.2, 0) is 14.3 Å². The molecule has 0 aliphatic carbocycles. The highest BCUT2D eigenvalue weighted by Crippen LogP contribution is 2.17. The highest BCUT2D eigenvalue weighted by molar-refractivity contribution is 5.99. The van der Waals surface area contributed by atoms with Gasteiger partial charge in [0.15, 0.2) is 5.76 Å². The molecule has 0 saturated heterocycles. The predicted molar refractivity (Wildman–Crippen MR) is 93.4 cm³/mol. The molecule has 0 fully saturated rings. The van der Waals surface area contributed by atoms with Crippen LogP contribution in [0.25, 0.3) is 0 Å². The van der Waals surface area contributed by atoms with E-state index in [9.17, 15) is 19.2 Å². The number of amides is 2. The normalized spacial score (nSPS) is 10.0. The number of hydrogen-bond acceptors (Lipinski definition) is 7. The standard InChI is InChI=1S/C18H18N2O7/c1-25-17(23)11-8-12(18(24)26-2)10-13(9-11)20-15(21)5-6-19-16(22)14-4-3-7-27-14/h3-4,7-10H,5-6H2,1-2H3,(H,19,22)(H,20,21). The summed E-state index contributed by atoms with van der Waals surface area (Å²) in [6, 6.07) is 7.13. The zero-order valence-electron chi connectivity index (χ0n) is 14.7. The van der Waals surface area contributed by atoms with Crippen LogP contribution in [0.4, 0.5) is 5.69 Å². The average Bonchev–Trinajstić information content (AvgIpc) is 3.21. The number of anilines is 1. The molecule has 2 aromatic rings. The molecule has 9 heteroatoms. The Balaban J connectivity index is 2.00. The number of rotatable bonds is 7. The van der Waals surface area contributed by atoms with Crippen molar-refractivity contribution in [2.24, 2.45) is 0 Å². The van der Waals surface area contributed by atoms with Crippen LogP contribution in [0.3, 0.4) is 0 Å². The Kier molecular flexibility index (Phi) is 6.70. The van der Waals surface area contributed by atoms with E-state index in [4.69, 9.17) is 4.42 Å².